The van der Waals surface area contributed by atoms with Gasteiger partial charge in [-0.3, -0.25) is 0 Å². The van der Waals surface area contributed by atoms with E-state index in [1.54, 1.807) is 6.92 Å². The first-order valence-corrected chi connectivity index (χ1v) is 6.37. The number of hydrogen-bond donors (Lipinski definition) is 0. The van der Waals surface area contributed by atoms with Crippen LogP contribution < -0.4 is 0 Å². The van der Waals surface area contributed by atoms with Crippen molar-refractivity contribution in [3.63, 3.8) is 0 Å². The molecule has 2 rings (SSSR count). The van der Waals surface area contributed by atoms with Gasteiger partial charge in [0.15, 0.2) is 0 Å². The number of aromatic nitrogens is 1. The molecule has 0 unspecified atom stereocenters. The Labute approximate surface area is 121 Å². The van der Waals surface area contributed by atoms with E-state index in [9.17, 15) is 4.79 Å². The van der Waals surface area contributed by atoms with Gasteiger partial charge in [0.2, 0.25) is 0 Å². The summed E-state index contributed by atoms with van der Waals surface area (Å²) in [5.74, 6) is -0.523. The summed E-state index contributed by atoms with van der Waals surface area (Å²) in [6.45, 7) is 1.88. The van der Waals surface area contributed by atoms with E-state index >= 15 is 0 Å². The van der Waals surface area contributed by atoms with Crippen molar-refractivity contribution in [1.29, 1.82) is 0 Å². The van der Waals surface area contributed by atoms with E-state index in [1.165, 1.54) is 6.07 Å². The van der Waals surface area contributed by atoms with Gasteiger partial charge >= 0.3 is 5.97 Å². The van der Waals surface area contributed by atoms with Crippen LogP contribution in [0.3, 0.4) is 0 Å². The molecule has 1 heterocycles. The maximum atomic E-state index is 11.8. The van der Waals surface area contributed by atoms with Crippen LogP contribution in [0.2, 0.25) is 10.0 Å². The topological polar surface area (TPSA) is 39.2 Å². The molecular formula is C14H11Cl2NO2. The predicted octanol–water partition coefficient (Wildman–Crippen LogP) is 4.05. The first kappa shape index (κ1) is 13.8. The lowest BCUT2D eigenvalue weighted by molar-refractivity contribution is 0.0465. The van der Waals surface area contributed by atoms with Crippen molar-refractivity contribution in [1.82, 2.24) is 4.98 Å². The standard InChI is InChI=1S/C14H11Cl2NO2/c1-9-13(16)11(15)7-12(17-9)14(18)19-8-10-5-3-2-4-6-10/h2-7H,8H2,1H3. The van der Waals surface area contributed by atoms with Crippen LogP contribution in [0, 0.1) is 6.92 Å². The van der Waals surface area contributed by atoms with Crippen LogP contribution in [0.1, 0.15) is 21.7 Å². The number of pyridine rings is 1. The summed E-state index contributed by atoms with van der Waals surface area (Å²) in [7, 11) is 0. The lowest BCUT2D eigenvalue weighted by Gasteiger charge is -2.06. The van der Waals surface area contributed by atoms with E-state index in [4.69, 9.17) is 27.9 Å². The summed E-state index contributed by atoms with van der Waals surface area (Å²) in [4.78, 5) is 15.9. The van der Waals surface area contributed by atoms with Gasteiger partial charge in [-0.2, -0.15) is 0 Å². The fourth-order valence-electron chi connectivity index (χ4n) is 1.52. The van der Waals surface area contributed by atoms with Crippen LogP contribution in [-0.2, 0) is 11.3 Å². The molecule has 98 valence electrons. The average molecular weight is 296 g/mol. The highest BCUT2D eigenvalue weighted by molar-refractivity contribution is 6.42. The largest absolute Gasteiger partial charge is 0.456 e. The number of rotatable bonds is 3. The van der Waals surface area contributed by atoms with E-state index in [0.29, 0.717) is 15.7 Å². The van der Waals surface area contributed by atoms with Gasteiger partial charge in [-0.25, -0.2) is 9.78 Å². The van der Waals surface area contributed by atoms with E-state index in [-0.39, 0.29) is 12.3 Å². The van der Waals surface area contributed by atoms with Crippen molar-refractivity contribution in [2.45, 2.75) is 13.5 Å². The number of esters is 1. The van der Waals surface area contributed by atoms with E-state index < -0.39 is 5.97 Å². The minimum atomic E-state index is -0.523. The summed E-state index contributed by atoms with van der Waals surface area (Å²) in [6.07, 6.45) is 0. The van der Waals surface area contributed by atoms with Crippen molar-refractivity contribution in [2.24, 2.45) is 0 Å². The molecule has 1 aromatic heterocycles. The first-order chi connectivity index (χ1) is 9.08. The Morgan fingerprint density at radius 2 is 1.95 bits per heavy atom. The Bertz CT molecular complexity index is 577. The number of benzene rings is 1. The zero-order valence-electron chi connectivity index (χ0n) is 10.2. The van der Waals surface area contributed by atoms with Gasteiger partial charge in [0.25, 0.3) is 0 Å². The van der Waals surface area contributed by atoms with Crippen molar-refractivity contribution in [3.05, 3.63) is 63.4 Å². The van der Waals surface area contributed by atoms with Gasteiger partial charge in [-0.05, 0) is 18.6 Å². The number of carbonyl (C=O) groups excluding carboxylic acids is 1. The fourth-order valence-corrected chi connectivity index (χ4v) is 1.86. The number of carbonyl (C=O) groups is 1. The molecule has 0 aliphatic rings. The van der Waals surface area contributed by atoms with Crippen LogP contribution in [0.5, 0.6) is 0 Å². The van der Waals surface area contributed by atoms with Crippen LogP contribution in [0.25, 0.3) is 0 Å². The Morgan fingerprint density at radius 3 is 2.58 bits per heavy atom. The molecule has 2 aromatic rings. The summed E-state index contributed by atoms with van der Waals surface area (Å²) in [5, 5.41) is 0.641. The second-order valence-corrected chi connectivity index (χ2v) is 4.74. The zero-order chi connectivity index (χ0) is 13.8. The maximum Gasteiger partial charge on any atom is 0.357 e. The molecule has 1 aromatic carbocycles. The van der Waals surface area contributed by atoms with Crippen LogP contribution in [0.15, 0.2) is 36.4 Å². The predicted molar refractivity (Wildman–Crippen MR) is 74.6 cm³/mol. The quantitative estimate of drug-likeness (QED) is 0.802. The molecule has 0 fully saturated rings. The highest BCUT2D eigenvalue weighted by atomic mass is 35.5. The second-order valence-electron chi connectivity index (χ2n) is 3.95. The molecule has 3 nitrogen and oxygen atoms in total. The van der Waals surface area contributed by atoms with Crippen molar-refractivity contribution < 1.29 is 9.53 Å². The van der Waals surface area contributed by atoms with Gasteiger partial charge in [-0.15, -0.1) is 0 Å². The lowest BCUT2D eigenvalue weighted by atomic mass is 10.2. The summed E-state index contributed by atoms with van der Waals surface area (Å²) in [6, 6.07) is 10.8. The molecule has 0 bridgehead atoms. The first-order valence-electron chi connectivity index (χ1n) is 5.61. The fraction of sp³-hybridized carbons (Fsp3) is 0.143. The molecule has 5 heteroatoms. The lowest BCUT2D eigenvalue weighted by Crippen LogP contribution is -2.08. The van der Waals surface area contributed by atoms with Gasteiger partial charge in [0.1, 0.15) is 12.3 Å². The summed E-state index contributed by atoms with van der Waals surface area (Å²) >= 11 is 11.8. The SMILES string of the molecule is Cc1nc(C(=O)OCc2ccccc2)cc(Cl)c1Cl. The highest BCUT2D eigenvalue weighted by Gasteiger charge is 2.13. The van der Waals surface area contributed by atoms with Gasteiger partial charge in [0, 0.05) is 0 Å². The minimum absolute atomic E-state index is 0.155. The third kappa shape index (κ3) is 3.46. The van der Waals surface area contributed by atoms with Gasteiger partial charge < -0.3 is 4.74 Å². The number of hydrogen-bond acceptors (Lipinski definition) is 3. The summed E-state index contributed by atoms with van der Waals surface area (Å²) in [5.41, 5.74) is 1.57. The molecule has 0 spiro atoms. The zero-order valence-corrected chi connectivity index (χ0v) is 11.7. The molecule has 19 heavy (non-hydrogen) atoms. The summed E-state index contributed by atoms with van der Waals surface area (Å²) < 4.78 is 5.16. The number of halogens is 2. The Balaban J connectivity index is 2.08. The molecule has 0 saturated carbocycles. The van der Waals surface area contributed by atoms with E-state index in [2.05, 4.69) is 4.98 Å². The smallest absolute Gasteiger partial charge is 0.357 e. The van der Waals surface area contributed by atoms with Crippen LogP contribution in [0.4, 0.5) is 0 Å². The van der Waals surface area contributed by atoms with Gasteiger partial charge in [0.05, 0.1) is 15.7 Å². The third-order valence-electron chi connectivity index (χ3n) is 2.50. The Hall–Kier alpha value is -1.58. The number of ether oxygens (including phenoxy) is 1. The van der Waals surface area contributed by atoms with Crippen LogP contribution >= 0.6 is 23.2 Å². The monoisotopic (exact) mass is 295 g/mol. The average Bonchev–Trinajstić information content (AvgIpc) is 2.42. The Kier molecular flexibility index (Phi) is 4.40. The van der Waals surface area contributed by atoms with E-state index in [1.807, 2.05) is 30.3 Å². The van der Waals surface area contributed by atoms with E-state index in [0.717, 1.165) is 5.56 Å². The third-order valence-corrected chi connectivity index (χ3v) is 3.37. The molecule has 0 amide bonds. The molecular weight excluding hydrogens is 285 g/mol. The van der Waals surface area contributed by atoms with Crippen molar-refractivity contribution in [3.8, 4) is 0 Å². The second kappa shape index (κ2) is 6.04. The normalized spacial score (nSPS) is 10.3. The molecule has 0 radical (unpaired) electrons. The maximum absolute atomic E-state index is 11.8. The molecule has 0 atom stereocenters. The van der Waals surface area contributed by atoms with Crippen LogP contribution in [-0.4, -0.2) is 11.0 Å². The molecule has 0 aliphatic carbocycles. The van der Waals surface area contributed by atoms with Crippen molar-refractivity contribution >= 4 is 29.2 Å². The Morgan fingerprint density at radius 1 is 1.26 bits per heavy atom. The highest BCUT2D eigenvalue weighted by Crippen LogP contribution is 2.25. The van der Waals surface area contributed by atoms with Gasteiger partial charge in [-0.1, -0.05) is 53.5 Å². The molecule has 0 N–H and O–H groups in total. The number of aryl methyl sites for hydroxylation is 1. The minimum Gasteiger partial charge on any atom is -0.456 e. The molecule has 0 aliphatic heterocycles. The molecule has 0 saturated heterocycles. The van der Waals surface area contributed by atoms with Crippen molar-refractivity contribution in [2.75, 3.05) is 0 Å². The number of nitrogens with zero attached hydrogens (tertiary/aromatic N) is 1.